The van der Waals surface area contributed by atoms with Crippen LogP contribution in [-0.2, 0) is 87.1 Å². The number of benzene rings is 12. The van der Waals surface area contributed by atoms with Gasteiger partial charge in [0.05, 0.1) is 103 Å². The molecule has 12 aromatic rings. The van der Waals surface area contributed by atoms with Crippen LogP contribution < -0.4 is 23.7 Å². The lowest BCUT2D eigenvalue weighted by atomic mass is 9.97. The van der Waals surface area contributed by atoms with Gasteiger partial charge >= 0.3 is 48.6 Å². The van der Waals surface area contributed by atoms with Gasteiger partial charge in [0.15, 0.2) is 39.3 Å². The van der Waals surface area contributed by atoms with Crippen molar-refractivity contribution in [2.24, 2.45) is 0 Å². The van der Waals surface area contributed by atoms with Gasteiger partial charge in [-0.2, -0.15) is 52.7 Å². The first-order valence-electron chi connectivity index (χ1n) is 36.5. The standard InChI is InChI=1S/C23H19F3O6S.C22H16ClF3O5S.2C22H16F4O5S/c1-31-19-6-4-3-5-18(19)17-9-8-16(23(24,25)26)11-15(17)13-33(29,30)21-12-14(22(27)28)7-10-20(21)32-2;1-31-19-9-6-13(21(27)28)11-20(19)32(29,30)12-14-10-15(22(24,25)26)7-8-16(14)17-4-2-3-5-18(17)23;1-31-19-9-4-14(21(27)28)11-20(19)32(29,30)12-15-10-16(22(24,25)26)5-8-18(15)13-2-6-17(23)7-3-13;1-31-19-9-6-13(21(27)28)11-20(19)32(29,30)12-14-10-15(22(24,25)26)7-8-16(14)17-4-2-3-5-18(17)23/h3-12H,13H2,1-2H3,(H,27,28);3*2-11H,12H2,1H3,(H,27,28). The van der Waals surface area contributed by atoms with E-state index in [9.17, 15) is 135 Å². The van der Waals surface area contributed by atoms with Crippen LogP contribution in [-0.4, -0.2) is 114 Å². The second kappa shape index (κ2) is 40.3. The minimum absolute atomic E-state index is 0.0342. The molecule has 12 rings (SSSR count). The quantitative estimate of drug-likeness (QED) is 0.0386. The Bertz CT molecular complexity index is 6550. The second-order valence-corrected chi connectivity index (χ2v) is 35.6. The van der Waals surface area contributed by atoms with E-state index in [-0.39, 0.29) is 100 Å². The molecule has 0 heterocycles. The fourth-order valence-corrected chi connectivity index (χ4v) is 19.3. The van der Waals surface area contributed by atoms with Crippen molar-refractivity contribution in [3.63, 3.8) is 0 Å². The summed E-state index contributed by atoms with van der Waals surface area (Å²) in [6.45, 7) is 0. The molecule has 0 aromatic heterocycles. The maximum Gasteiger partial charge on any atom is 0.416 e. The highest BCUT2D eigenvalue weighted by Gasteiger charge is 2.38. The number of hydrogen-bond acceptors (Lipinski definition) is 17. The van der Waals surface area contributed by atoms with Crippen molar-refractivity contribution in [3.8, 4) is 73.3 Å². The van der Waals surface area contributed by atoms with E-state index >= 15 is 0 Å². The summed E-state index contributed by atoms with van der Waals surface area (Å²) in [5.74, 6) is -10.5. The number of methoxy groups -OCH3 is 5. The number of halogens is 15. The number of ether oxygens (including phenoxy) is 5. The second-order valence-electron chi connectivity index (χ2n) is 27.4. The van der Waals surface area contributed by atoms with E-state index in [2.05, 4.69) is 0 Å². The normalized spacial score (nSPS) is 11.9. The Hall–Kier alpha value is -13.4. The van der Waals surface area contributed by atoms with Gasteiger partial charge in [-0.3, -0.25) is 0 Å². The average molecular weight is 1900 g/mol. The third-order valence-electron chi connectivity index (χ3n) is 19.0. The Morgan fingerprint density at radius 3 is 0.829 bits per heavy atom. The fourth-order valence-electron chi connectivity index (χ4n) is 12.8. The summed E-state index contributed by atoms with van der Waals surface area (Å²) in [4.78, 5) is 43.3. The predicted molar refractivity (Wildman–Crippen MR) is 442 cm³/mol. The predicted octanol–water partition coefficient (Wildman–Crippen LogP) is 21.2. The molecule has 0 aliphatic rings. The van der Waals surface area contributed by atoms with Crippen LogP contribution >= 0.6 is 11.6 Å². The molecule has 0 radical (unpaired) electrons. The number of para-hydroxylation sites is 1. The molecule has 0 spiro atoms. The van der Waals surface area contributed by atoms with E-state index in [0.29, 0.717) is 34.6 Å². The van der Waals surface area contributed by atoms with Crippen LogP contribution in [0.25, 0.3) is 44.5 Å². The van der Waals surface area contributed by atoms with E-state index in [4.69, 9.17) is 35.3 Å². The zero-order chi connectivity index (χ0) is 95.4. The molecule has 0 atom stereocenters. The van der Waals surface area contributed by atoms with Gasteiger partial charge in [0.2, 0.25) is 0 Å². The van der Waals surface area contributed by atoms with Gasteiger partial charge in [0.1, 0.15) is 60.0 Å². The van der Waals surface area contributed by atoms with Crippen LogP contribution in [0.2, 0.25) is 5.02 Å². The number of hydrogen-bond donors (Lipinski definition) is 4. The highest BCUT2D eigenvalue weighted by molar-refractivity contribution is 7.91. The maximum absolute atomic E-state index is 14.3. The first-order chi connectivity index (χ1) is 60.3. The summed E-state index contributed by atoms with van der Waals surface area (Å²) < 4.78 is 319. The number of alkyl halides is 12. The zero-order valence-corrected chi connectivity index (χ0v) is 71.0. The summed E-state index contributed by atoms with van der Waals surface area (Å²) >= 11 is 6.20. The lowest BCUT2D eigenvalue weighted by Crippen LogP contribution is -2.12. The van der Waals surface area contributed by atoms with Crippen molar-refractivity contribution in [1.29, 1.82) is 0 Å². The topological polar surface area (TPSA) is 332 Å². The summed E-state index contributed by atoms with van der Waals surface area (Å²) in [5.41, 5.74) is -4.65. The van der Waals surface area contributed by atoms with Gasteiger partial charge in [-0.1, -0.05) is 103 Å². The number of rotatable bonds is 25. The average Bonchev–Trinajstić information content (AvgIpc) is 0.784. The van der Waals surface area contributed by atoms with Gasteiger partial charge in [-0.15, -0.1) is 0 Å². The van der Waals surface area contributed by atoms with Crippen LogP contribution in [0.4, 0.5) is 61.5 Å². The van der Waals surface area contributed by atoms with Crippen molar-refractivity contribution in [2.45, 2.75) is 67.3 Å². The van der Waals surface area contributed by atoms with E-state index in [1.165, 1.54) is 108 Å². The molecule has 0 aliphatic heterocycles. The minimum Gasteiger partial charge on any atom is -0.496 e. The van der Waals surface area contributed by atoms with Crippen LogP contribution in [0.15, 0.2) is 262 Å². The van der Waals surface area contributed by atoms with Crippen molar-refractivity contribution in [1.82, 2.24) is 0 Å². The Morgan fingerprint density at radius 2 is 0.543 bits per heavy atom. The number of sulfone groups is 4. The van der Waals surface area contributed by atoms with Gasteiger partial charge in [0, 0.05) is 21.7 Å². The molecule has 0 saturated heterocycles. The lowest BCUT2D eigenvalue weighted by Gasteiger charge is -2.17. The Kier molecular flexibility index (Phi) is 31.1. The van der Waals surface area contributed by atoms with E-state index in [1.54, 1.807) is 42.5 Å². The van der Waals surface area contributed by atoms with Gasteiger partial charge < -0.3 is 44.1 Å². The number of carboxylic acids is 4. The minimum atomic E-state index is -4.76. The molecule has 0 amide bonds. The number of aromatic carboxylic acids is 4. The van der Waals surface area contributed by atoms with Crippen LogP contribution in [0.3, 0.4) is 0 Å². The van der Waals surface area contributed by atoms with E-state index in [0.717, 1.165) is 115 Å². The van der Waals surface area contributed by atoms with E-state index in [1.807, 2.05) is 0 Å². The van der Waals surface area contributed by atoms with Gasteiger partial charge in [-0.25, -0.2) is 61.6 Å². The number of carbonyl (C=O) groups is 4. The summed E-state index contributed by atoms with van der Waals surface area (Å²) in [7, 11) is -11.2. The van der Waals surface area contributed by atoms with Crippen molar-refractivity contribution >= 4 is 74.8 Å². The third kappa shape index (κ3) is 24.5. The number of carboxylic acid groups (broad SMARTS) is 4. The van der Waals surface area contributed by atoms with Gasteiger partial charge in [-0.05, 0) is 202 Å². The molecular weight excluding hydrogens is 1830 g/mol. The van der Waals surface area contributed by atoms with E-state index < -0.39 is 164 Å². The maximum atomic E-state index is 14.3. The van der Waals surface area contributed by atoms with Crippen LogP contribution in [0, 0.1) is 11.6 Å². The Balaban J connectivity index is 0.000000194. The molecule has 0 saturated carbocycles. The first-order valence-corrected chi connectivity index (χ1v) is 43.5. The first kappa shape index (κ1) is 99.4. The molecule has 21 nitrogen and oxygen atoms in total. The summed E-state index contributed by atoms with van der Waals surface area (Å²) in [6, 6.07) is 46.5. The van der Waals surface area contributed by atoms with Crippen molar-refractivity contribution in [2.75, 3.05) is 35.5 Å². The Labute approximate surface area is 731 Å². The SMILES string of the molecule is COc1ccc(C(=O)O)cc1S(=O)(=O)Cc1cc(C(F)(F)F)ccc1-c1ccc(F)cc1.COc1ccc(C(=O)O)cc1S(=O)(=O)Cc1cc(C(F)(F)F)ccc1-c1ccccc1Cl.COc1ccc(C(=O)O)cc1S(=O)(=O)Cc1cc(C(F)(F)F)ccc1-c1ccccc1F.COc1ccccc1-c1ccc(C(F)(F)F)cc1CS(=O)(=O)c1cc(C(=O)O)ccc1OC. The fraction of sp³-hybridized carbons (Fsp3) is 0.146. The summed E-state index contributed by atoms with van der Waals surface area (Å²) in [5, 5.41) is 37.0. The molecule has 129 heavy (non-hydrogen) atoms. The van der Waals surface area contributed by atoms with Crippen molar-refractivity contribution in [3.05, 3.63) is 326 Å². The molecule has 0 fully saturated rings. The molecule has 0 unspecified atom stereocenters. The molecule has 4 N–H and O–H groups in total. The molecule has 40 heteroatoms. The van der Waals surface area contributed by atoms with Crippen molar-refractivity contribution < 1.29 is 158 Å². The molecular formula is C89H67ClF14O21S4. The summed E-state index contributed by atoms with van der Waals surface area (Å²) in [6.07, 6.45) is -18.9. The lowest BCUT2D eigenvalue weighted by molar-refractivity contribution is -0.138. The van der Waals surface area contributed by atoms with Crippen LogP contribution in [0.1, 0.15) is 85.9 Å². The van der Waals surface area contributed by atoms with Crippen LogP contribution in [0.5, 0.6) is 28.7 Å². The highest BCUT2D eigenvalue weighted by atomic mass is 35.5. The highest BCUT2D eigenvalue weighted by Crippen LogP contribution is 2.44. The zero-order valence-electron chi connectivity index (χ0n) is 67.0. The molecule has 0 bridgehead atoms. The Morgan fingerprint density at radius 1 is 0.287 bits per heavy atom. The molecule has 678 valence electrons. The largest absolute Gasteiger partial charge is 0.496 e. The molecule has 12 aromatic carbocycles. The third-order valence-corrected chi connectivity index (χ3v) is 26.0. The van der Waals surface area contributed by atoms with Gasteiger partial charge in [0.25, 0.3) is 0 Å². The smallest absolute Gasteiger partial charge is 0.416 e. The molecule has 0 aliphatic carbocycles. The monoisotopic (exact) mass is 1900 g/mol.